The fourth-order valence-corrected chi connectivity index (χ4v) is 1.57. The van der Waals surface area contributed by atoms with Gasteiger partial charge in [0.2, 0.25) is 0 Å². The monoisotopic (exact) mass is 306 g/mol. The molecule has 6 N–H and O–H groups in total. The van der Waals surface area contributed by atoms with Crippen LogP contribution in [0.1, 0.15) is 33.6 Å². The summed E-state index contributed by atoms with van der Waals surface area (Å²) in [5.41, 5.74) is 4.87. The van der Waals surface area contributed by atoms with E-state index in [1.54, 1.807) is 0 Å². The van der Waals surface area contributed by atoms with Gasteiger partial charge in [0, 0.05) is 38.3 Å². The first-order chi connectivity index (χ1) is 9.76. The summed E-state index contributed by atoms with van der Waals surface area (Å²) in [4.78, 5) is 11.2. The van der Waals surface area contributed by atoms with Gasteiger partial charge in [0.25, 0.3) is 0 Å². The second-order valence-corrected chi connectivity index (χ2v) is 6.27. The molecule has 21 heavy (non-hydrogen) atoms. The number of amides is 1. The molecular formula is C14H30N2O5. The van der Waals surface area contributed by atoms with Gasteiger partial charge in [-0.25, -0.2) is 4.79 Å². The second kappa shape index (κ2) is 9.19. The van der Waals surface area contributed by atoms with Gasteiger partial charge in [-0.3, -0.25) is 0 Å². The van der Waals surface area contributed by atoms with Crippen LogP contribution in [0.4, 0.5) is 4.79 Å². The van der Waals surface area contributed by atoms with Gasteiger partial charge in [-0.05, 0) is 39.5 Å². The topological polar surface area (TPSA) is 125 Å². The average Bonchev–Trinajstić information content (AvgIpc) is 3.28. The Morgan fingerprint density at radius 1 is 1.19 bits per heavy atom. The summed E-state index contributed by atoms with van der Waals surface area (Å²) in [6, 6.07) is 0.426. The minimum Gasteiger partial charge on any atom is -0.444 e. The van der Waals surface area contributed by atoms with Crippen LogP contribution in [0.25, 0.3) is 0 Å². The molecule has 7 nitrogen and oxygen atoms in total. The van der Waals surface area contributed by atoms with E-state index in [-0.39, 0.29) is 25.2 Å². The second-order valence-electron chi connectivity index (χ2n) is 6.27. The number of carbonyl (C=O) groups is 1. The van der Waals surface area contributed by atoms with E-state index in [0.29, 0.717) is 12.0 Å². The molecule has 0 radical (unpaired) electrons. The van der Waals surface area contributed by atoms with E-state index < -0.39 is 11.7 Å². The van der Waals surface area contributed by atoms with Crippen molar-refractivity contribution in [3.05, 3.63) is 0 Å². The highest BCUT2D eigenvalue weighted by Gasteiger charge is 2.38. The number of rotatable bonds is 3. The molecule has 0 saturated heterocycles. The molecule has 2 aliphatic rings. The molecule has 0 unspecified atom stereocenters. The molecule has 0 aromatic heterocycles. The summed E-state index contributed by atoms with van der Waals surface area (Å²) >= 11 is 0. The van der Waals surface area contributed by atoms with Crippen molar-refractivity contribution in [3.63, 3.8) is 0 Å². The smallest absolute Gasteiger partial charge is 0.407 e. The molecule has 126 valence electrons. The van der Waals surface area contributed by atoms with Crippen molar-refractivity contribution in [1.82, 2.24) is 5.32 Å². The Kier molecular flexibility index (Phi) is 8.80. The third kappa shape index (κ3) is 9.62. The van der Waals surface area contributed by atoms with Gasteiger partial charge >= 0.3 is 6.09 Å². The van der Waals surface area contributed by atoms with Crippen LogP contribution >= 0.6 is 0 Å². The van der Waals surface area contributed by atoms with Gasteiger partial charge in [-0.15, -0.1) is 0 Å². The zero-order valence-corrected chi connectivity index (χ0v) is 13.4. The van der Waals surface area contributed by atoms with E-state index in [2.05, 4.69) is 5.32 Å². The summed E-state index contributed by atoms with van der Waals surface area (Å²) in [5, 5.41) is 26.7. The van der Waals surface area contributed by atoms with Crippen molar-refractivity contribution in [2.24, 2.45) is 17.6 Å². The number of alkyl carbamates (subject to hydrolysis) is 1. The Balaban J connectivity index is 0.000000416. The third-order valence-corrected chi connectivity index (χ3v) is 3.07. The summed E-state index contributed by atoms with van der Waals surface area (Å²) in [6.07, 6.45) is 1.49. The highest BCUT2D eigenvalue weighted by molar-refractivity contribution is 5.68. The van der Waals surface area contributed by atoms with Crippen LogP contribution in [0.3, 0.4) is 0 Å². The van der Waals surface area contributed by atoms with E-state index >= 15 is 0 Å². The molecule has 0 heterocycles. The van der Waals surface area contributed by atoms with Gasteiger partial charge in [0.1, 0.15) is 5.60 Å². The number of ether oxygens (including phenoxy) is 1. The standard InChI is InChI=1S/C9H17NO3.C4H9NO.CH4O/c1-9(2,3)13-8(12)10-7-4-6(7)5-11;5-4-1-3(4)2-6;1-2/h6-7,11H,4-5H2,1-3H3,(H,10,12);3-4,6H,1-2,5H2;2H,1H3/t6-,7-;3-,4-;/m00./s1. The predicted molar refractivity (Wildman–Crippen MR) is 79.7 cm³/mol. The maximum Gasteiger partial charge on any atom is 0.407 e. The average molecular weight is 306 g/mol. The van der Waals surface area contributed by atoms with Gasteiger partial charge in [-0.2, -0.15) is 0 Å². The largest absolute Gasteiger partial charge is 0.444 e. The highest BCUT2D eigenvalue weighted by atomic mass is 16.6. The first kappa shape index (κ1) is 20.1. The van der Waals surface area contributed by atoms with Crippen molar-refractivity contribution in [1.29, 1.82) is 0 Å². The first-order valence-electron chi connectivity index (χ1n) is 7.18. The number of aliphatic hydroxyl groups is 3. The fraction of sp³-hybridized carbons (Fsp3) is 0.929. The number of aliphatic hydroxyl groups excluding tert-OH is 3. The number of nitrogens with two attached hydrogens (primary N) is 1. The molecule has 0 aromatic carbocycles. The Morgan fingerprint density at radius 2 is 1.67 bits per heavy atom. The van der Waals surface area contributed by atoms with Crippen LogP contribution in [0, 0.1) is 11.8 Å². The lowest BCUT2D eigenvalue weighted by Crippen LogP contribution is -2.34. The summed E-state index contributed by atoms with van der Waals surface area (Å²) in [7, 11) is 1.00. The Labute approximate surface area is 126 Å². The maximum atomic E-state index is 11.2. The maximum absolute atomic E-state index is 11.2. The lowest BCUT2D eigenvalue weighted by atomic mass is 10.2. The molecule has 4 atom stereocenters. The minimum absolute atomic E-state index is 0.111. The molecule has 0 bridgehead atoms. The van der Waals surface area contributed by atoms with Crippen LogP contribution in [0.2, 0.25) is 0 Å². The third-order valence-electron chi connectivity index (χ3n) is 3.07. The van der Waals surface area contributed by atoms with Crippen molar-refractivity contribution in [2.45, 2.75) is 51.3 Å². The van der Waals surface area contributed by atoms with Gasteiger partial charge in [0.05, 0.1) is 0 Å². The van der Waals surface area contributed by atoms with Crippen LogP contribution in [0.5, 0.6) is 0 Å². The minimum atomic E-state index is -0.451. The first-order valence-corrected chi connectivity index (χ1v) is 7.18. The summed E-state index contributed by atoms with van der Waals surface area (Å²) in [6.45, 7) is 5.89. The Hall–Kier alpha value is -0.890. The molecular weight excluding hydrogens is 276 g/mol. The normalized spacial score (nSPS) is 29.1. The van der Waals surface area contributed by atoms with Crippen molar-refractivity contribution < 1.29 is 24.9 Å². The van der Waals surface area contributed by atoms with Gasteiger partial charge < -0.3 is 31.1 Å². The van der Waals surface area contributed by atoms with Crippen LogP contribution in [0.15, 0.2) is 0 Å². The van der Waals surface area contributed by atoms with E-state index in [0.717, 1.165) is 20.0 Å². The van der Waals surface area contributed by atoms with Crippen molar-refractivity contribution in [3.8, 4) is 0 Å². The van der Waals surface area contributed by atoms with E-state index in [9.17, 15) is 4.79 Å². The lowest BCUT2D eigenvalue weighted by molar-refractivity contribution is 0.0519. The lowest BCUT2D eigenvalue weighted by Gasteiger charge is -2.19. The van der Waals surface area contributed by atoms with Gasteiger partial charge in [-0.1, -0.05) is 0 Å². The van der Waals surface area contributed by atoms with Gasteiger partial charge in [0.15, 0.2) is 0 Å². The quantitative estimate of drug-likeness (QED) is 0.493. The Morgan fingerprint density at radius 3 is 1.90 bits per heavy atom. The molecule has 7 heteroatoms. The summed E-state index contributed by atoms with van der Waals surface area (Å²) < 4.78 is 5.05. The molecule has 2 aliphatic carbocycles. The number of hydrogen-bond acceptors (Lipinski definition) is 6. The van der Waals surface area contributed by atoms with E-state index in [1.165, 1.54) is 0 Å². The van der Waals surface area contributed by atoms with Crippen LogP contribution in [-0.2, 0) is 4.74 Å². The fourth-order valence-electron chi connectivity index (χ4n) is 1.57. The number of carbonyl (C=O) groups excluding carboxylic acids is 1. The number of nitrogens with one attached hydrogen (secondary N) is 1. The zero-order valence-electron chi connectivity index (χ0n) is 13.4. The highest BCUT2D eigenvalue weighted by Crippen LogP contribution is 2.29. The molecule has 1 amide bonds. The molecule has 0 spiro atoms. The van der Waals surface area contributed by atoms with Crippen LogP contribution in [-0.4, -0.2) is 59.4 Å². The van der Waals surface area contributed by atoms with Crippen molar-refractivity contribution in [2.75, 3.05) is 20.3 Å². The Bertz CT molecular complexity index is 304. The predicted octanol–water partition coefficient (Wildman–Crippen LogP) is -0.174. The molecule has 2 rings (SSSR count). The zero-order chi connectivity index (χ0) is 16.6. The molecule has 0 aromatic rings. The molecule has 0 aliphatic heterocycles. The number of hydrogen-bond donors (Lipinski definition) is 5. The summed E-state index contributed by atoms with van der Waals surface area (Å²) in [5.74, 6) is 0.664. The molecule has 2 saturated carbocycles. The van der Waals surface area contributed by atoms with Crippen molar-refractivity contribution >= 4 is 6.09 Å². The SMILES string of the molecule is CC(C)(C)OC(=O)N[C@H]1C[C@H]1CO.CO.N[C@H]1C[C@H]1CO. The van der Waals surface area contributed by atoms with E-state index in [1.807, 2.05) is 20.8 Å². The van der Waals surface area contributed by atoms with E-state index in [4.69, 9.17) is 25.8 Å². The molecule has 2 fully saturated rings. The van der Waals surface area contributed by atoms with Crippen LogP contribution < -0.4 is 11.1 Å².